The van der Waals surface area contributed by atoms with Gasteiger partial charge in [0.1, 0.15) is 5.60 Å². The molecule has 2 heterocycles. The van der Waals surface area contributed by atoms with E-state index in [1.807, 2.05) is 47.4 Å². The number of likely N-dealkylation sites (tertiary alicyclic amines) is 1. The van der Waals surface area contributed by atoms with Gasteiger partial charge in [-0.15, -0.1) is 0 Å². The molecule has 2 amide bonds. The van der Waals surface area contributed by atoms with E-state index in [0.29, 0.717) is 18.1 Å². The Morgan fingerprint density at radius 2 is 1.90 bits per heavy atom. The molecular weight excluding hydrogens is 386 g/mol. The van der Waals surface area contributed by atoms with Gasteiger partial charge in [0.15, 0.2) is 0 Å². The molecule has 2 aromatic rings. The largest absolute Gasteiger partial charge is 0.324 e. The number of carbonyl (C=O) groups is 1. The van der Waals surface area contributed by atoms with Crippen LogP contribution in [-0.4, -0.2) is 29.6 Å². The quantitative estimate of drug-likeness (QED) is 0.723. The minimum absolute atomic E-state index is 0.0451. The summed E-state index contributed by atoms with van der Waals surface area (Å²) in [6.07, 6.45) is 5.65. The van der Waals surface area contributed by atoms with Crippen LogP contribution >= 0.6 is 11.6 Å². The summed E-state index contributed by atoms with van der Waals surface area (Å²) in [6.45, 7) is 3.44. The number of hydrogen-bond acceptors (Lipinski definition) is 3. The summed E-state index contributed by atoms with van der Waals surface area (Å²) in [4.78, 5) is 20.6. The zero-order valence-corrected chi connectivity index (χ0v) is 17.3. The highest BCUT2D eigenvalue weighted by Gasteiger charge is 2.39. The highest BCUT2D eigenvalue weighted by molar-refractivity contribution is 6.30. The second-order valence-corrected chi connectivity index (χ2v) is 8.09. The number of hydroxylamine groups is 1. The fourth-order valence-electron chi connectivity index (χ4n) is 3.91. The van der Waals surface area contributed by atoms with Crippen molar-refractivity contribution in [1.82, 2.24) is 10.4 Å². The van der Waals surface area contributed by atoms with Crippen molar-refractivity contribution in [1.29, 1.82) is 0 Å². The van der Waals surface area contributed by atoms with E-state index in [9.17, 15) is 4.79 Å². The summed E-state index contributed by atoms with van der Waals surface area (Å²) in [5, 5.41) is 3.80. The number of halogens is 1. The minimum atomic E-state index is -0.369. The van der Waals surface area contributed by atoms with Crippen molar-refractivity contribution < 1.29 is 9.63 Å². The van der Waals surface area contributed by atoms with Crippen LogP contribution in [0.3, 0.4) is 0 Å². The molecular formula is C23H26ClN3O2. The number of rotatable bonds is 4. The van der Waals surface area contributed by atoms with Crippen LogP contribution in [0, 0.1) is 0 Å². The van der Waals surface area contributed by atoms with E-state index < -0.39 is 0 Å². The first-order valence-electron chi connectivity index (χ1n) is 10.2. The maximum atomic E-state index is 12.8. The molecule has 1 saturated heterocycles. The molecule has 0 bridgehead atoms. The minimum Gasteiger partial charge on any atom is -0.324 e. The Balaban J connectivity index is 1.38. The summed E-state index contributed by atoms with van der Waals surface area (Å²) in [7, 11) is 0. The molecule has 0 aliphatic carbocycles. The van der Waals surface area contributed by atoms with Crippen LogP contribution in [-0.2, 0) is 11.3 Å². The van der Waals surface area contributed by atoms with Gasteiger partial charge < -0.3 is 10.2 Å². The third-order valence-electron chi connectivity index (χ3n) is 5.60. The van der Waals surface area contributed by atoms with Gasteiger partial charge in [0.05, 0.1) is 5.70 Å². The zero-order valence-electron chi connectivity index (χ0n) is 16.6. The van der Waals surface area contributed by atoms with Crippen molar-refractivity contribution in [2.45, 2.75) is 38.2 Å². The summed E-state index contributed by atoms with van der Waals surface area (Å²) >= 11 is 5.98. The first-order valence-corrected chi connectivity index (χ1v) is 10.5. The van der Waals surface area contributed by atoms with Gasteiger partial charge in [-0.25, -0.2) is 4.79 Å². The lowest BCUT2D eigenvalue weighted by Crippen LogP contribution is -2.48. The molecule has 0 unspecified atom stereocenters. The van der Waals surface area contributed by atoms with Gasteiger partial charge in [-0.2, -0.15) is 0 Å². The van der Waals surface area contributed by atoms with Crippen LogP contribution in [0.25, 0.3) is 5.70 Å². The lowest BCUT2D eigenvalue weighted by atomic mass is 9.90. The average molecular weight is 412 g/mol. The number of hydrogen-bond donors (Lipinski definition) is 2. The van der Waals surface area contributed by atoms with Crippen molar-refractivity contribution in [3.05, 3.63) is 70.8 Å². The Hall–Kier alpha value is -2.50. The molecule has 2 N–H and O–H groups in total. The molecule has 0 saturated carbocycles. The van der Waals surface area contributed by atoms with Crippen molar-refractivity contribution >= 4 is 29.0 Å². The second-order valence-electron chi connectivity index (χ2n) is 7.66. The van der Waals surface area contributed by atoms with E-state index in [2.05, 4.69) is 29.9 Å². The number of benzene rings is 2. The third-order valence-corrected chi connectivity index (χ3v) is 5.85. The first-order chi connectivity index (χ1) is 14.1. The summed E-state index contributed by atoms with van der Waals surface area (Å²) in [5.74, 6) is 0. The Bertz CT molecular complexity index is 903. The molecule has 0 radical (unpaired) electrons. The summed E-state index contributed by atoms with van der Waals surface area (Å²) in [5.41, 5.74) is 6.76. The summed E-state index contributed by atoms with van der Waals surface area (Å²) < 4.78 is 0. The van der Waals surface area contributed by atoms with Gasteiger partial charge in [0, 0.05) is 36.6 Å². The molecule has 6 heteroatoms. The van der Waals surface area contributed by atoms with Crippen molar-refractivity contribution in [3.8, 4) is 0 Å². The number of nitrogens with zero attached hydrogens (tertiary/aromatic N) is 1. The molecule has 0 atom stereocenters. The number of carbonyl (C=O) groups excluding carboxylic acids is 1. The van der Waals surface area contributed by atoms with Crippen molar-refractivity contribution in [3.63, 3.8) is 0 Å². The van der Waals surface area contributed by atoms with Gasteiger partial charge in [0.25, 0.3) is 0 Å². The first kappa shape index (κ1) is 19.8. The van der Waals surface area contributed by atoms with Gasteiger partial charge in [-0.05, 0) is 41.8 Å². The SMILES string of the molecule is CCCc1ccccc1NC(=O)N1CCC2(C=C(c3ccc(Cl)cc3)NO2)CC1. The number of para-hydroxylation sites is 1. The number of nitrogens with one attached hydrogen (secondary N) is 2. The normalized spacial score (nSPS) is 17.7. The number of amides is 2. The lowest BCUT2D eigenvalue weighted by molar-refractivity contribution is -0.0634. The highest BCUT2D eigenvalue weighted by Crippen LogP contribution is 2.35. The molecule has 2 aliphatic rings. The van der Waals surface area contributed by atoms with Crippen molar-refractivity contribution in [2.24, 2.45) is 0 Å². The fourth-order valence-corrected chi connectivity index (χ4v) is 4.03. The molecule has 4 rings (SSSR count). The highest BCUT2D eigenvalue weighted by atomic mass is 35.5. The van der Waals surface area contributed by atoms with Gasteiger partial charge >= 0.3 is 6.03 Å². The number of piperidine rings is 1. The molecule has 152 valence electrons. The Morgan fingerprint density at radius 3 is 2.62 bits per heavy atom. The maximum absolute atomic E-state index is 12.8. The second kappa shape index (κ2) is 8.47. The molecule has 1 spiro atoms. The van der Waals surface area contributed by atoms with Crippen LogP contribution in [0.15, 0.2) is 54.6 Å². The van der Waals surface area contributed by atoms with Crippen LogP contribution < -0.4 is 10.8 Å². The molecule has 0 aromatic heterocycles. The molecule has 29 heavy (non-hydrogen) atoms. The molecule has 2 aromatic carbocycles. The standard InChI is InChI=1S/C23H26ClN3O2/c1-2-5-17-6-3-4-7-20(17)25-22(28)27-14-12-23(13-15-27)16-21(26-29-23)18-8-10-19(24)11-9-18/h3-4,6-11,16,26H,2,5,12-15H2,1H3,(H,25,28). The Morgan fingerprint density at radius 1 is 1.17 bits per heavy atom. The van der Waals surface area contributed by atoms with Crippen LogP contribution in [0.2, 0.25) is 5.02 Å². The van der Waals surface area contributed by atoms with Crippen LogP contribution in [0.5, 0.6) is 0 Å². The van der Waals surface area contributed by atoms with E-state index in [0.717, 1.165) is 42.6 Å². The lowest BCUT2D eigenvalue weighted by Gasteiger charge is -2.36. The predicted octanol–water partition coefficient (Wildman–Crippen LogP) is 5.23. The van der Waals surface area contributed by atoms with Gasteiger partial charge in [0.2, 0.25) is 0 Å². The van der Waals surface area contributed by atoms with E-state index in [1.54, 1.807) is 0 Å². The molecule has 1 fully saturated rings. The van der Waals surface area contributed by atoms with Gasteiger partial charge in [-0.1, -0.05) is 55.3 Å². The van der Waals surface area contributed by atoms with Crippen molar-refractivity contribution in [2.75, 3.05) is 18.4 Å². The topological polar surface area (TPSA) is 53.6 Å². The zero-order chi connectivity index (χ0) is 20.3. The van der Waals surface area contributed by atoms with E-state index in [1.165, 1.54) is 5.56 Å². The fraction of sp³-hybridized carbons (Fsp3) is 0.348. The van der Waals surface area contributed by atoms with Crippen LogP contribution in [0.4, 0.5) is 10.5 Å². The maximum Gasteiger partial charge on any atom is 0.321 e. The summed E-state index contributed by atoms with van der Waals surface area (Å²) in [6, 6.07) is 15.7. The Labute approximate surface area is 176 Å². The third kappa shape index (κ3) is 4.41. The van der Waals surface area contributed by atoms with E-state index >= 15 is 0 Å². The van der Waals surface area contributed by atoms with Crippen LogP contribution in [0.1, 0.15) is 37.3 Å². The molecule has 5 nitrogen and oxygen atoms in total. The molecule has 2 aliphatic heterocycles. The Kier molecular flexibility index (Phi) is 5.79. The average Bonchev–Trinajstić information content (AvgIpc) is 3.14. The smallest absolute Gasteiger partial charge is 0.321 e. The van der Waals surface area contributed by atoms with Gasteiger partial charge in [-0.3, -0.25) is 10.3 Å². The monoisotopic (exact) mass is 411 g/mol. The van der Waals surface area contributed by atoms with E-state index in [-0.39, 0.29) is 11.6 Å². The predicted molar refractivity (Wildman–Crippen MR) is 117 cm³/mol. The number of aryl methyl sites for hydroxylation is 1. The van der Waals surface area contributed by atoms with E-state index in [4.69, 9.17) is 16.4 Å². The number of anilines is 1. The number of urea groups is 1.